The van der Waals surface area contributed by atoms with E-state index in [0.717, 1.165) is 49.2 Å². The van der Waals surface area contributed by atoms with Crippen molar-refractivity contribution in [2.45, 2.75) is 95.0 Å². The number of carbonyl (C=O) groups is 3. The highest BCUT2D eigenvalue weighted by Crippen LogP contribution is 2.39. The lowest BCUT2D eigenvalue weighted by atomic mass is 9.83. The third-order valence-corrected chi connectivity index (χ3v) is 12.2. The van der Waals surface area contributed by atoms with E-state index in [1.807, 2.05) is 16.9 Å². The fraction of sp³-hybridized carbons (Fsp3) is 0.476. The van der Waals surface area contributed by atoms with E-state index in [0.29, 0.717) is 46.7 Å². The van der Waals surface area contributed by atoms with Gasteiger partial charge in [-0.1, -0.05) is 18.2 Å². The van der Waals surface area contributed by atoms with Gasteiger partial charge in [0.2, 0.25) is 11.8 Å². The Morgan fingerprint density at radius 3 is 2.50 bits per heavy atom. The van der Waals surface area contributed by atoms with Crippen molar-refractivity contribution < 1.29 is 32.7 Å². The Hall–Kier alpha value is -5.35. The molecule has 13 nitrogen and oxygen atoms in total. The van der Waals surface area contributed by atoms with Gasteiger partial charge in [-0.15, -0.1) is 0 Å². The van der Waals surface area contributed by atoms with E-state index in [2.05, 4.69) is 20.5 Å². The molecule has 0 radical (unpaired) electrons. The van der Waals surface area contributed by atoms with Gasteiger partial charge < -0.3 is 15.3 Å². The molecule has 3 atom stereocenters. The minimum absolute atomic E-state index is 0.132. The number of anilines is 1. The Bertz CT molecular complexity index is 2460. The number of aliphatic hydroxyl groups is 1. The number of piperidine rings is 2. The molecule has 8 rings (SSSR count). The van der Waals surface area contributed by atoms with Crippen LogP contribution in [-0.4, -0.2) is 77.4 Å². The second kappa shape index (κ2) is 15.4. The zero-order chi connectivity index (χ0) is 41.0. The molecule has 3 aliphatic rings. The maximum atomic E-state index is 16.2. The number of imide groups is 1. The first-order chi connectivity index (χ1) is 27.7. The van der Waals surface area contributed by atoms with Crippen LogP contribution in [0.4, 0.5) is 18.9 Å². The summed E-state index contributed by atoms with van der Waals surface area (Å²) >= 11 is 0. The SMILES string of the molecule is Cn1c(=O)n(C2CCC(=O)NC2=O)c2cccc([C@H]3CCN(CC4CCC(n5cc6cc(NC(=O)c7cccc(C(F)F)n7)c(C(C)(C)O)cc6n5)CC4)C[C@@H]3F)c21. The number of carbonyl (C=O) groups excluding carboxylic acids is 3. The van der Waals surface area contributed by atoms with Gasteiger partial charge in [0.05, 0.1) is 28.2 Å². The quantitative estimate of drug-likeness (QED) is 0.153. The number of pyridine rings is 1. The van der Waals surface area contributed by atoms with Crippen LogP contribution >= 0.6 is 0 Å². The summed E-state index contributed by atoms with van der Waals surface area (Å²) in [5, 5.41) is 21.7. The number of nitrogens with zero attached hydrogens (tertiary/aromatic N) is 6. The van der Waals surface area contributed by atoms with Gasteiger partial charge in [-0.25, -0.2) is 22.9 Å². The first kappa shape index (κ1) is 39.5. The van der Waals surface area contributed by atoms with Crippen LogP contribution in [0, 0.1) is 5.92 Å². The number of likely N-dealkylation sites (tertiary alicyclic amines) is 1. The Balaban J connectivity index is 0.911. The smallest absolute Gasteiger partial charge is 0.329 e. The van der Waals surface area contributed by atoms with Gasteiger partial charge in [-0.05, 0) is 101 Å². The summed E-state index contributed by atoms with van der Waals surface area (Å²) in [6, 6.07) is 12.1. The predicted molar refractivity (Wildman–Crippen MR) is 210 cm³/mol. The van der Waals surface area contributed by atoms with Crippen molar-refractivity contribution in [3.8, 4) is 0 Å². The molecule has 58 heavy (non-hydrogen) atoms. The fourth-order valence-electron chi connectivity index (χ4n) is 9.21. The lowest BCUT2D eigenvalue weighted by Crippen LogP contribution is -2.44. The maximum absolute atomic E-state index is 16.2. The number of hydrogen-bond donors (Lipinski definition) is 3. The molecule has 5 heterocycles. The summed E-state index contributed by atoms with van der Waals surface area (Å²) in [4.78, 5) is 57.0. The molecule has 1 aliphatic carbocycles. The average Bonchev–Trinajstić information content (AvgIpc) is 3.72. The van der Waals surface area contributed by atoms with Crippen molar-refractivity contribution in [1.82, 2.24) is 34.1 Å². The number of alkyl halides is 3. The van der Waals surface area contributed by atoms with Crippen LogP contribution in [0.5, 0.6) is 0 Å². The van der Waals surface area contributed by atoms with Crippen molar-refractivity contribution in [1.29, 1.82) is 0 Å². The minimum atomic E-state index is -2.82. The molecule has 0 spiro atoms. The first-order valence-electron chi connectivity index (χ1n) is 19.9. The molecule has 0 bridgehead atoms. The third kappa shape index (κ3) is 7.54. The molecule has 3 aromatic heterocycles. The van der Waals surface area contributed by atoms with Crippen molar-refractivity contribution in [2.24, 2.45) is 13.0 Å². The number of para-hydroxylation sites is 1. The van der Waals surface area contributed by atoms with E-state index in [1.54, 1.807) is 45.2 Å². The summed E-state index contributed by atoms with van der Waals surface area (Å²) in [6.07, 6.45) is 2.55. The third-order valence-electron chi connectivity index (χ3n) is 12.2. The summed E-state index contributed by atoms with van der Waals surface area (Å²) in [5.74, 6) is -1.56. The molecule has 1 saturated carbocycles. The summed E-state index contributed by atoms with van der Waals surface area (Å²) in [7, 11) is 1.65. The van der Waals surface area contributed by atoms with Crippen molar-refractivity contribution in [2.75, 3.05) is 25.0 Å². The van der Waals surface area contributed by atoms with E-state index < -0.39 is 47.7 Å². The summed E-state index contributed by atoms with van der Waals surface area (Å²) in [6.45, 7) is 4.97. The highest BCUT2D eigenvalue weighted by Gasteiger charge is 2.36. The molecule has 3 N–H and O–H groups in total. The molecule has 1 unspecified atom stereocenters. The van der Waals surface area contributed by atoms with Gasteiger partial charge in [0.25, 0.3) is 12.3 Å². The Labute approximate surface area is 332 Å². The number of imidazole rings is 1. The molecule has 306 valence electrons. The lowest BCUT2D eigenvalue weighted by Gasteiger charge is -2.38. The van der Waals surface area contributed by atoms with E-state index >= 15 is 4.39 Å². The molecular weight excluding hydrogens is 754 g/mol. The molecule has 5 aromatic rings. The van der Waals surface area contributed by atoms with E-state index in [-0.39, 0.29) is 42.7 Å². The molecule has 2 saturated heterocycles. The number of hydrogen-bond acceptors (Lipinski definition) is 8. The number of rotatable bonds is 9. The van der Waals surface area contributed by atoms with Crippen LogP contribution in [0.15, 0.2) is 59.5 Å². The molecule has 3 amide bonds. The maximum Gasteiger partial charge on any atom is 0.329 e. The van der Waals surface area contributed by atoms with Gasteiger partial charge in [-0.2, -0.15) is 5.10 Å². The van der Waals surface area contributed by atoms with E-state index in [1.165, 1.54) is 21.3 Å². The van der Waals surface area contributed by atoms with Crippen LogP contribution in [0.25, 0.3) is 21.9 Å². The number of amides is 3. The zero-order valence-corrected chi connectivity index (χ0v) is 32.6. The molecule has 2 aliphatic heterocycles. The zero-order valence-electron chi connectivity index (χ0n) is 32.6. The molecule has 16 heteroatoms. The number of aryl methyl sites for hydroxylation is 1. The van der Waals surface area contributed by atoms with Crippen molar-refractivity contribution in [3.05, 3.63) is 87.7 Å². The van der Waals surface area contributed by atoms with Crippen LogP contribution in [0.2, 0.25) is 0 Å². The van der Waals surface area contributed by atoms with Gasteiger partial charge in [0, 0.05) is 55.3 Å². The normalized spacial score (nSPS) is 23.5. The van der Waals surface area contributed by atoms with E-state index in [4.69, 9.17) is 5.10 Å². The molecular formula is C42H47F3N8O5. The van der Waals surface area contributed by atoms with Gasteiger partial charge >= 0.3 is 5.69 Å². The number of nitrogens with one attached hydrogen (secondary N) is 2. The Kier molecular flexibility index (Phi) is 10.5. The van der Waals surface area contributed by atoms with Gasteiger partial charge in [0.15, 0.2) is 0 Å². The number of fused-ring (bicyclic) bond motifs is 2. The highest BCUT2D eigenvalue weighted by atomic mass is 19.3. The van der Waals surface area contributed by atoms with E-state index in [9.17, 15) is 33.1 Å². The van der Waals surface area contributed by atoms with Gasteiger partial charge in [-0.3, -0.25) is 33.5 Å². The van der Waals surface area contributed by atoms with Crippen LogP contribution < -0.4 is 16.3 Å². The molecule has 3 fully saturated rings. The average molecular weight is 801 g/mol. The lowest BCUT2D eigenvalue weighted by molar-refractivity contribution is -0.135. The largest absolute Gasteiger partial charge is 0.386 e. The van der Waals surface area contributed by atoms with Gasteiger partial charge in [0.1, 0.15) is 23.6 Å². The summed E-state index contributed by atoms with van der Waals surface area (Å²) in [5.41, 5.74) is 0.962. The van der Waals surface area contributed by atoms with Crippen molar-refractivity contribution in [3.63, 3.8) is 0 Å². The van der Waals surface area contributed by atoms with Crippen LogP contribution in [0.1, 0.15) is 111 Å². The summed E-state index contributed by atoms with van der Waals surface area (Å²) < 4.78 is 47.5. The Morgan fingerprint density at radius 2 is 1.79 bits per heavy atom. The second-order valence-electron chi connectivity index (χ2n) is 16.6. The topological polar surface area (TPSA) is 156 Å². The van der Waals surface area contributed by atoms with Crippen LogP contribution in [0.3, 0.4) is 0 Å². The Morgan fingerprint density at radius 1 is 1.03 bits per heavy atom. The number of halogens is 3. The molecule has 2 aromatic carbocycles. The number of benzene rings is 2. The van der Waals surface area contributed by atoms with Crippen LogP contribution in [-0.2, 0) is 22.2 Å². The number of aromatic nitrogens is 5. The minimum Gasteiger partial charge on any atom is -0.386 e. The second-order valence-corrected chi connectivity index (χ2v) is 16.6. The van der Waals surface area contributed by atoms with Crippen molar-refractivity contribution >= 4 is 45.3 Å². The standard InChI is InChI=1S/C42H47F3N8O5/c1-42(2,58)28-19-32-24(18-33(28)47-39(55)31-8-5-7-30(46-31)38(44)45)21-52(49-32)25-12-10-23(11-13-25)20-51-17-16-26(29(43)22-51)27-6-4-9-34-37(27)50(3)41(57)53(34)35-14-15-36(54)48-40(35)56/h4-9,18-19,21,23,25-26,29,35,38,58H,10-17,20,22H2,1-3H3,(H,47,55)(H,48,54,56)/t23?,25?,26-,29+,35?/m1/s1. The predicted octanol–water partition coefficient (Wildman–Crippen LogP) is 6.04. The first-order valence-corrected chi connectivity index (χ1v) is 19.9. The highest BCUT2D eigenvalue weighted by molar-refractivity contribution is 6.04. The fourth-order valence-corrected chi connectivity index (χ4v) is 9.21. The monoisotopic (exact) mass is 800 g/mol.